The largest absolute Gasteiger partial charge is 0.410 e. The van der Waals surface area contributed by atoms with E-state index < -0.39 is 48.9 Å². The molecule has 9 unspecified atom stereocenters. The third-order valence-corrected chi connectivity index (χ3v) is 15.8. The molecule has 220 valence electrons. The van der Waals surface area contributed by atoms with Crippen molar-refractivity contribution in [3.8, 4) is 0 Å². The number of fused-ring (bicyclic) bond motifs is 5. The highest BCUT2D eigenvalue weighted by atomic mass is 28.4. The summed E-state index contributed by atoms with van der Waals surface area (Å²) in [6, 6.07) is 0. The van der Waals surface area contributed by atoms with Crippen LogP contribution in [0.2, 0.25) is 18.1 Å². The van der Waals surface area contributed by atoms with Gasteiger partial charge in [-0.2, -0.15) is 5.06 Å². The molecule has 39 heavy (non-hydrogen) atoms. The summed E-state index contributed by atoms with van der Waals surface area (Å²) < 4.78 is 39.5. The van der Waals surface area contributed by atoms with Gasteiger partial charge in [-0.25, -0.2) is 8.78 Å². The molecular weight excluding hydrogens is 520 g/mol. The quantitative estimate of drug-likeness (QED) is 0.314. The Balaban J connectivity index is 1.73. The summed E-state index contributed by atoms with van der Waals surface area (Å²) in [4.78, 5) is 26.1. The van der Waals surface area contributed by atoms with Gasteiger partial charge >= 0.3 is 0 Å². The molecule has 3 saturated carbocycles. The van der Waals surface area contributed by atoms with Crippen LogP contribution in [0.3, 0.4) is 0 Å². The van der Waals surface area contributed by atoms with E-state index in [1.807, 2.05) is 13.8 Å². The molecule has 0 aromatic rings. The van der Waals surface area contributed by atoms with Crippen molar-refractivity contribution in [3.63, 3.8) is 0 Å². The highest BCUT2D eigenvalue weighted by Crippen LogP contribution is 2.70. The Morgan fingerprint density at radius 1 is 1.23 bits per heavy atom. The van der Waals surface area contributed by atoms with E-state index in [4.69, 9.17) is 4.43 Å². The maximum Gasteiger partial charge on any atom is 0.192 e. The van der Waals surface area contributed by atoms with Crippen molar-refractivity contribution in [2.24, 2.45) is 34.5 Å². The van der Waals surface area contributed by atoms with Crippen LogP contribution in [0.4, 0.5) is 8.78 Å². The van der Waals surface area contributed by atoms with E-state index >= 15 is 8.78 Å². The van der Waals surface area contributed by atoms with Gasteiger partial charge in [-0.15, -0.1) is 0 Å². The van der Waals surface area contributed by atoms with Crippen LogP contribution < -0.4 is 0 Å². The van der Waals surface area contributed by atoms with Crippen LogP contribution in [0.25, 0.3) is 0 Å². The number of halogens is 2. The Bertz CT molecular complexity index is 1070. The smallest absolute Gasteiger partial charge is 0.192 e. The number of hydroxylamine groups is 2. The summed E-state index contributed by atoms with van der Waals surface area (Å²) in [5.74, 6) is -2.57. The summed E-state index contributed by atoms with van der Waals surface area (Å²) in [5.41, 5.74) is -4.35. The average Bonchev–Trinajstić information content (AvgIpc) is 3.11. The molecule has 0 spiro atoms. The number of nitrogens with zero attached hydrogens (tertiary/aromatic N) is 1. The highest BCUT2D eigenvalue weighted by molar-refractivity contribution is 6.74. The summed E-state index contributed by atoms with van der Waals surface area (Å²) in [6.45, 7) is 16.4. The second-order valence-corrected chi connectivity index (χ2v) is 19.3. The minimum absolute atomic E-state index is 0.0385. The molecule has 0 amide bonds. The van der Waals surface area contributed by atoms with E-state index in [2.05, 4.69) is 33.9 Å². The SMILES string of the molecule is CCN(O)CC1CC2C3CC(F)C4=CC(=O)C=CC4(C)C3(F)C(O)CC2(C)C1C(=O)CO[Si](C)(C)C(C)(C)C. The Hall–Kier alpha value is -1.26. The van der Waals surface area contributed by atoms with Crippen molar-refractivity contribution < 1.29 is 33.1 Å². The zero-order valence-electron chi connectivity index (χ0n) is 24.8. The number of aliphatic hydroxyl groups is 1. The second-order valence-electron chi connectivity index (χ2n) is 14.4. The number of aliphatic hydroxyl groups excluding tert-OH is 1. The van der Waals surface area contributed by atoms with Crippen molar-refractivity contribution in [2.75, 3.05) is 19.7 Å². The van der Waals surface area contributed by atoms with Crippen LogP contribution >= 0.6 is 0 Å². The molecule has 3 fully saturated rings. The molecular formula is C30H47F2NO5Si. The van der Waals surface area contributed by atoms with Crippen LogP contribution in [0.1, 0.15) is 60.8 Å². The van der Waals surface area contributed by atoms with Gasteiger partial charge in [0.05, 0.1) is 12.7 Å². The zero-order chi connectivity index (χ0) is 29.3. The van der Waals surface area contributed by atoms with Crippen molar-refractivity contribution >= 4 is 19.9 Å². The molecule has 0 saturated heterocycles. The molecule has 0 aromatic heterocycles. The van der Waals surface area contributed by atoms with E-state index in [0.717, 1.165) is 0 Å². The van der Waals surface area contributed by atoms with E-state index in [9.17, 15) is 19.9 Å². The molecule has 0 aromatic carbocycles. The lowest BCUT2D eigenvalue weighted by atomic mass is 9.45. The van der Waals surface area contributed by atoms with Gasteiger partial charge in [0.1, 0.15) is 6.17 Å². The fourth-order valence-corrected chi connectivity index (χ4v) is 9.09. The molecule has 0 bridgehead atoms. The summed E-state index contributed by atoms with van der Waals surface area (Å²) in [7, 11) is -2.23. The van der Waals surface area contributed by atoms with Crippen molar-refractivity contribution in [1.82, 2.24) is 5.06 Å². The monoisotopic (exact) mass is 567 g/mol. The minimum atomic E-state index is -2.23. The maximum absolute atomic E-state index is 17.5. The number of hydrogen-bond donors (Lipinski definition) is 2. The Kier molecular flexibility index (Phi) is 7.81. The minimum Gasteiger partial charge on any atom is -0.410 e. The van der Waals surface area contributed by atoms with Crippen molar-refractivity contribution in [1.29, 1.82) is 0 Å². The Labute approximate surface area is 232 Å². The molecule has 0 radical (unpaired) electrons. The summed E-state index contributed by atoms with van der Waals surface area (Å²) in [5, 5.41) is 23.1. The third-order valence-electron chi connectivity index (χ3n) is 11.3. The predicted octanol–water partition coefficient (Wildman–Crippen LogP) is 5.45. The fourth-order valence-electron chi connectivity index (χ4n) is 8.15. The first-order valence-electron chi connectivity index (χ1n) is 14.4. The normalized spacial score (nSPS) is 42.2. The van der Waals surface area contributed by atoms with Crippen molar-refractivity contribution in [3.05, 3.63) is 23.8 Å². The van der Waals surface area contributed by atoms with E-state index in [1.54, 1.807) is 6.92 Å². The molecule has 0 aliphatic heterocycles. The van der Waals surface area contributed by atoms with E-state index in [1.165, 1.54) is 23.3 Å². The number of alkyl halides is 2. The van der Waals surface area contributed by atoms with Gasteiger partial charge < -0.3 is 14.7 Å². The molecule has 4 aliphatic carbocycles. The predicted molar refractivity (Wildman–Crippen MR) is 148 cm³/mol. The lowest BCUT2D eigenvalue weighted by Gasteiger charge is -2.62. The fraction of sp³-hybridized carbons (Fsp3) is 0.800. The van der Waals surface area contributed by atoms with Crippen LogP contribution in [0, 0.1) is 34.5 Å². The second kappa shape index (κ2) is 9.93. The topological polar surface area (TPSA) is 87.1 Å². The van der Waals surface area contributed by atoms with Crippen LogP contribution in [-0.2, 0) is 14.0 Å². The summed E-state index contributed by atoms with van der Waals surface area (Å²) >= 11 is 0. The number of Topliss-reactive ketones (excluding diaryl/α,β-unsaturated/α-hetero) is 1. The van der Waals surface area contributed by atoms with Gasteiger partial charge in [0, 0.05) is 30.3 Å². The molecule has 9 atom stereocenters. The highest BCUT2D eigenvalue weighted by Gasteiger charge is 2.73. The number of rotatable bonds is 7. The first-order valence-corrected chi connectivity index (χ1v) is 17.3. The number of ketones is 2. The van der Waals surface area contributed by atoms with E-state index in [-0.39, 0.29) is 60.0 Å². The number of hydrogen-bond acceptors (Lipinski definition) is 6. The van der Waals surface area contributed by atoms with Crippen LogP contribution in [0.5, 0.6) is 0 Å². The maximum atomic E-state index is 17.5. The van der Waals surface area contributed by atoms with Gasteiger partial charge in [-0.1, -0.05) is 40.7 Å². The molecule has 2 N–H and O–H groups in total. The van der Waals surface area contributed by atoms with Gasteiger partial charge in [-0.05, 0) is 79.3 Å². The lowest BCUT2D eigenvalue weighted by Crippen LogP contribution is -2.68. The Morgan fingerprint density at radius 2 is 1.87 bits per heavy atom. The van der Waals surface area contributed by atoms with E-state index in [0.29, 0.717) is 13.0 Å². The molecule has 4 aliphatic rings. The van der Waals surface area contributed by atoms with Crippen molar-refractivity contribution in [2.45, 2.75) is 96.9 Å². The van der Waals surface area contributed by atoms with Crippen LogP contribution in [0.15, 0.2) is 23.8 Å². The summed E-state index contributed by atoms with van der Waals surface area (Å²) in [6.07, 6.45) is 1.25. The number of carbonyl (C=O) groups excluding carboxylic acids is 2. The molecule has 6 nitrogen and oxygen atoms in total. The van der Waals surface area contributed by atoms with Gasteiger partial charge in [0.2, 0.25) is 0 Å². The Morgan fingerprint density at radius 3 is 2.46 bits per heavy atom. The lowest BCUT2D eigenvalue weighted by molar-refractivity contribution is -0.202. The van der Waals surface area contributed by atoms with Gasteiger partial charge in [0.25, 0.3) is 0 Å². The zero-order valence-corrected chi connectivity index (χ0v) is 25.8. The molecule has 4 rings (SSSR count). The average molecular weight is 568 g/mol. The third kappa shape index (κ3) is 4.64. The first kappa shape index (κ1) is 30.7. The molecule has 0 heterocycles. The number of allylic oxidation sites excluding steroid dienone is 4. The molecule has 9 heteroatoms. The first-order chi connectivity index (χ1) is 17.8. The number of carbonyl (C=O) groups is 2. The van der Waals surface area contributed by atoms with Gasteiger partial charge in [-0.3, -0.25) is 9.59 Å². The van der Waals surface area contributed by atoms with Gasteiger partial charge in [0.15, 0.2) is 25.6 Å². The standard InChI is InChI=1S/C30H47F2NO5Si/c1-9-33(37)16-18-12-20-21-14-23(31)22-13-19(34)10-11-29(22,6)30(21,32)25(36)15-28(20,5)26(18)24(35)17-38-39(7,8)27(2,3)4/h10-11,13,18,20-21,23,25-26,36-37H,9,12,14-17H2,1-8H3. The van der Waals surface area contributed by atoms with Crippen LogP contribution in [-0.4, -0.2) is 72.9 Å².